The summed E-state index contributed by atoms with van der Waals surface area (Å²) in [4.78, 5) is 10.7. The lowest BCUT2D eigenvalue weighted by Gasteiger charge is -2.14. The molecule has 1 aromatic carbocycles. The molecule has 5 heteroatoms. The molecule has 0 bridgehead atoms. The second-order valence-electron chi connectivity index (χ2n) is 5.38. The van der Waals surface area contributed by atoms with Crippen molar-refractivity contribution in [3.63, 3.8) is 0 Å². The van der Waals surface area contributed by atoms with E-state index < -0.39 is 11.8 Å². The molecule has 0 fully saturated rings. The number of nitrogens with one attached hydrogen (secondary N) is 1. The summed E-state index contributed by atoms with van der Waals surface area (Å²) in [7, 11) is 0. The van der Waals surface area contributed by atoms with Crippen molar-refractivity contribution in [2.24, 2.45) is 5.92 Å². The largest absolute Gasteiger partial charge is 0.481 e. The number of benzene rings is 1. The third-order valence-corrected chi connectivity index (χ3v) is 3.50. The van der Waals surface area contributed by atoms with E-state index in [0.29, 0.717) is 13.0 Å². The highest BCUT2D eigenvalue weighted by Crippen LogP contribution is 2.12. The third-order valence-electron chi connectivity index (χ3n) is 3.50. The average Bonchev–Trinajstić information content (AvgIpc) is 2.46. The Bertz CT molecular complexity index is 525. The summed E-state index contributed by atoms with van der Waals surface area (Å²) in [5, 5.41) is 20.9. The molecule has 0 saturated heterocycles. The van der Waals surface area contributed by atoms with E-state index in [1.807, 2.05) is 13.0 Å². The highest BCUT2D eigenvalue weighted by Gasteiger charge is 2.11. The Hall–Kier alpha value is -1.93. The van der Waals surface area contributed by atoms with Crippen molar-refractivity contribution in [1.29, 1.82) is 5.26 Å². The maximum Gasteiger partial charge on any atom is 0.306 e. The summed E-state index contributed by atoms with van der Waals surface area (Å²) in [5.41, 5.74) is 0.913. The van der Waals surface area contributed by atoms with Gasteiger partial charge in [-0.2, -0.15) is 5.26 Å². The van der Waals surface area contributed by atoms with Crippen LogP contribution in [0.5, 0.6) is 0 Å². The van der Waals surface area contributed by atoms with Crippen LogP contribution in [0.2, 0.25) is 0 Å². The lowest BCUT2D eigenvalue weighted by Crippen LogP contribution is -2.25. The van der Waals surface area contributed by atoms with E-state index in [1.54, 1.807) is 19.1 Å². The van der Waals surface area contributed by atoms with Gasteiger partial charge in [0.05, 0.1) is 11.5 Å². The van der Waals surface area contributed by atoms with Crippen molar-refractivity contribution < 1.29 is 14.3 Å². The zero-order chi connectivity index (χ0) is 15.8. The minimum atomic E-state index is -0.758. The van der Waals surface area contributed by atoms with Gasteiger partial charge < -0.3 is 10.4 Å². The predicted octanol–water partition coefficient (Wildman–Crippen LogP) is 3.07. The summed E-state index contributed by atoms with van der Waals surface area (Å²) >= 11 is 0. The van der Waals surface area contributed by atoms with E-state index in [-0.39, 0.29) is 17.5 Å². The minimum absolute atomic E-state index is 0.0530. The third kappa shape index (κ3) is 5.92. The van der Waals surface area contributed by atoms with Crippen LogP contribution in [-0.2, 0) is 11.3 Å². The van der Waals surface area contributed by atoms with Crippen LogP contribution < -0.4 is 5.32 Å². The van der Waals surface area contributed by atoms with Crippen LogP contribution in [0.15, 0.2) is 18.2 Å². The highest BCUT2D eigenvalue weighted by atomic mass is 19.1. The van der Waals surface area contributed by atoms with Gasteiger partial charge in [-0.25, -0.2) is 4.39 Å². The van der Waals surface area contributed by atoms with Crippen molar-refractivity contribution in [2.45, 2.75) is 45.7 Å². The fourth-order valence-corrected chi connectivity index (χ4v) is 2.02. The number of halogens is 1. The van der Waals surface area contributed by atoms with Crippen LogP contribution in [0.4, 0.5) is 4.39 Å². The number of nitrogens with zero attached hydrogens (tertiary/aromatic N) is 1. The molecule has 4 nitrogen and oxygen atoms in total. The molecule has 0 spiro atoms. The molecule has 2 unspecified atom stereocenters. The monoisotopic (exact) mass is 292 g/mol. The van der Waals surface area contributed by atoms with Crippen molar-refractivity contribution in [1.82, 2.24) is 5.32 Å². The van der Waals surface area contributed by atoms with E-state index >= 15 is 0 Å². The van der Waals surface area contributed by atoms with Crippen LogP contribution in [0.1, 0.15) is 44.2 Å². The van der Waals surface area contributed by atoms with Gasteiger partial charge in [-0.15, -0.1) is 0 Å². The fraction of sp³-hybridized carbons (Fsp3) is 0.500. The highest BCUT2D eigenvalue weighted by molar-refractivity contribution is 5.69. The first-order valence-corrected chi connectivity index (χ1v) is 7.08. The molecule has 0 aliphatic carbocycles. The molecule has 0 aliphatic rings. The van der Waals surface area contributed by atoms with Gasteiger partial charge in [0.15, 0.2) is 0 Å². The summed E-state index contributed by atoms with van der Waals surface area (Å²) in [6.45, 7) is 4.30. The Labute approximate surface area is 124 Å². The molecule has 114 valence electrons. The molecule has 2 N–H and O–H groups in total. The van der Waals surface area contributed by atoms with Crippen LogP contribution in [0, 0.1) is 23.1 Å². The van der Waals surface area contributed by atoms with Crippen LogP contribution >= 0.6 is 0 Å². The predicted molar refractivity (Wildman–Crippen MR) is 78.1 cm³/mol. The van der Waals surface area contributed by atoms with E-state index in [0.717, 1.165) is 18.4 Å². The van der Waals surface area contributed by atoms with Crippen molar-refractivity contribution in [3.8, 4) is 6.07 Å². The number of carboxylic acids is 1. The Morgan fingerprint density at radius 3 is 2.76 bits per heavy atom. The SMILES string of the molecule is CC(CCCC(C)C(=O)O)NCc1ccc(F)c(C#N)c1. The lowest BCUT2D eigenvalue weighted by atomic mass is 10.0. The van der Waals surface area contributed by atoms with Gasteiger partial charge in [-0.3, -0.25) is 4.79 Å². The molecule has 0 aliphatic heterocycles. The molecule has 0 radical (unpaired) electrons. The van der Waals surface area contributed by atoms with Crippen LogP contribution in [0.3, 0.4) is 0 Å². The first-order valence-electron chi connectivity index (χ1n) is 7.08. The Balaban J connectivity index is 2.35. The van der Waals surface area contributed by atoms with E-state index in [2.05, 4.69) is 5.32 Å². The maximum absolute atomic E-state index is 13.2. The Kier molecular flexibility index (Phi) is 6.83. The normalized spacial score (nSPS) is 13.4. The number of carboxylic acid groups (broad SMARTS) is 1. The van der Waals surface area contributed by atoms with E-state index in [1.165, 1.54) is 6.07 Å². The smallest absolute Gasteiger partial charge is 0.306 e. The summed E-state index contributed by atoms with van der Waals surface area (Å²) in [6.07, 6.45) is 2.38. The first kappa shape index (κ1) is 17.1. The van der Waals surface area contributed by atoms with E-state index in [9.17, 15) is 9.18 Å². The molecule has 1 rings (SSSR count). The van der Waals surface area contributed by atoms with Crippen molar-refractivity contribution >= 4 is 5.97 Å². The summed E-state index contributed by atoms with van der Waals surface area (Å²) in [5.74, 6) is -1.57. The number of nitriles is 1. The van der Waals surface area contributed by atoms with Gasteiger partial charge in [0, 0.05) is 12.6 Å². The molecule has 1 aromatic rings. The van der Waals surface area contributed by atoms with Gasteiger partial charge in [-0.1, -0.05) is 19.4 Å². The fourth-order valence-electron chi connectivity index (χ4n) is 2.02. The first-order chi connectivity index (χ1) is 9.93. The molecule has 21 heavy (non-hydrogen) atoms. The number of hydrogen-bond acceptors (Lipinski definition) is 3. The molecule has 2 atom stereocenters. The zero-order valence-corrected chi connectivity index (χ0v) is 12.4. The maximum atomic E-state index is 13.2. The molecular formula is C16H21FN2O2. The molecule has 0 amide bonds. The van der Waals surface area contributed by atoms with E-state index in [4.69, 9.17) is 10.4 Å². The number of hydrogen-bond donors (Lipinski definition) is 2. The zero-order valence-electron chi connectivity index (χ0n) is 12.4. The second kappa shape index (κ2) is 8.38. The quantitative estimate of drug-likeness (QED) is 0.772. The number of carbonyl (C=O) groups is 1. The standard InChI is InChI=1S/C16H21FN2O2/c1-11(16(20)21)4-3-5-12(2)19-10-13-6-7-15(17)14(8-13)9-18/h6-8,11-12,19H,3-5,10H2,1-2H3,(H,20,21). The van der Waals surface area contributed by atoms with Gasteiger partial charge in [-0.05, 0) is 37.5 Å². The molecular weight excluding hydrogens is 271 g/mol. The molecule has 0 saturated carbocycles. The van der Waals surface area contributed by atoms with Gasteiger partial charge in [0.1, 0.15) is 11.9 Å². The Morgan fingerprint density at radius 2 is 2.14 bits per heavy atom. The summed E-state index contributed by atoms with van der Waals surface area (Å²) < 4.78 is 13.2. The number of aliphatic carboxylic acids is 1. The lowest BCUT2D eigenvalue weighted by molar-refractivity contribution is -0.141. The molecule has 0 heterocycles. The molecule has 0 aromatic heterocycles. The van der Waals surface area contributed by atoms with Crippen LogP contribution in [0.25, 0.3) is 0 Å². The van der Waals surface area contributed by atoms with Gasteiger partial charge >= 0.3 is 5.97 Å². The summed E-state index contributed by atoms with van der Waals surface area (Å²) in [6, 6.07) is 6.56. The minimum Gasteiger partial charge on any atom is -0.481 e. The van der Waals surface area contributed by atoms with Gasteiger partial charge in [0.25, 0.3) is 0 Å². The Morgan fingerprint density at radius 1 is 1.43 bits per heavy atom. The van der Waals surface area contributed by atoms with Crippen molar-refractivity contribution in [3.05, 3.63) is 35.1 Å². The van der Waals surface area contributed by atoms with Gasteiger partial charge in [0.2, 0.25) is 0 Å². The number of rotatable bonds is 8. The second-order valence-corrected chi connectivity index (χ2v) is 5.38. The average molecular weight is 292 g/mol. The van der Waals surface area contributed by atoms with Crippen LogP contribution in [-0.4, -0.2) is 17.1 Å². The van der Waals surface area contributed by atoms with Crippen molar-refractivity contribution in [2.75, 3.05) is 0 Å². The topological polar surface area (TPSA) is 73.1 Å².